The topological polar surface area (TPSA) is 65.1 Å². The first-order valence-corrected chi connectivity index (χ1v) is 13.7. The van der Waals surface area contributed by atoms with Gasteiger partial charge >= 0.3 is 0 Å². The lowest BCUT2D eigenvalue weighted by atomic mass is 10.1. The molecule has 0 aliphatic carbocycles. The predicted octanol–water partition coefficient (Wildman–Crippen LogP) is 7.59. The summed E-state index contributed by atoms with van der Waals surface area (Å²) in [6, 6.07) is 26.6. The highest BCUT2D eigenvalue weighted by Gasteiger charge is 2.34. The van der Waals surface area contributed by atoms with E-state index in [1.165, 1.54) is 4.90 Å². The quantitative estimate of drug-likeness (QED) is 0.187. The van der Waals surface area contributed by atoms with Crippen molar-refractivity contribution in [1.29, 1.82) is 0 Å². The number of amides is 2. The highest BCUT2D eigenvalue weighted by molar-refractivity contribution is 8.18. The fourth-order valence-electron chi connectivity index (χ4n) is 4.19. The van der Waals surface area contributed by atoms with E-state index in [1.807, 2.05) is 79.7 Å². The molecule has 198 valence electrons. The van der Waals surface area contributed by atoms with Gasteiger partial charge in [0.15, 0.2) is 11.5 Å². The molecule has 1 fully saturated rings. The van der Waals surface area contributed by atoms with Crippen LogP contribution in [0.2, 0.25) is 5.02 Å². The second-order valence-electron chi connectivity index (χ2n) is 8.68. The molecule has 0 bridgehead atoms. The molecular weight excluding hydrogens is 534 g/mol. The normalized spacial score (nSPS) is 14.3. The Morgan fingerprint density at radius 1 is 0.846 bits per heavy atom. The Morgan fingerprint density at radius 2 is 1.64 bits per heavy atom. The predicted molar refractivity (Wildman–Crippen MR) is 156 cm³/mol. The fourth-order valence-corrected chi connectivity index (χ4v) is 5.24. The maximum absolute atomic E-state index is 13.0. The van der Waals surface area contributed by atoms with Crippen LogP contribution in [0.1, 0.15) is 18.1 Å². The van der Waals surface area contributed by atoms with Crippen molar-refractivity contribution in [2.45, 2.75) is 13.5 Å². The summed E-state index contributed by atoms with van der Waals surface area (Å²) in [5.41, 5.74) is 1.59. The van der Waals surface area contributed by atoms with Crippen LogP contribution in [0.5, 0.6) is 17.2 Å². The number of hydrogen-bond acceptors (Lipinski definition) is 6. The molecule has 0 aromatic heterocycles. The van der Waals surface area contributed by atoms with Gasteiger partial charge in [-0.15, -0.1) is 0 Å². The van der Waals surface area contributed by atoms with E-state index in [2.05, 4.69) is 0 Å². The molecule has 39 heavy (non-hydrogen) atoms. The minimum Gasteiger partial charge on any atom is -0.491 e. The summed E-state index contributed by atoms with van der Waals surface area (Å²) < 4.78 is 17.7. The number of benzene rings is 4. The lowest BCUT2D eigenvalue weighted by Crippen LogP contribution is -2.32. The van der Waals surface area contributed by atoms with Crippen LogP contribution in [-0.4, -0.2) is 35.8 Å². The number of nitrogens with zero attached hydrogens (tertiary/aromatic N) is 1. The van der Waals surface area contributed by atoms with Crippen molar-refractivity contribution < 1.29 is 23.8 Å². The van der Waals surface area contributed by atoms with Gasteiger partial charge in [0, 0.05) is 16.0 Å². The van der Waals surface area contributed by atoms with Gasteiger partial charge in [-0.1, -0.05) is 72.3 Å². The fraction of sp³-hybridized carbons (Fsp3) is 0.161. The molecule has 0 unspecified atom stereocenters. The van der Waals surface area contributed by atoms with E-state index >= 15 is 0 Å². The minimum absolute atomic E-state index is 0.157. The summed E-state index contributed by atoms with van der Waals surface area (Å²) in [7, 11) is 0. The highest BCUT2D eigenvalue weighted by Crippen LogP contribution is 2.35. The number of fused-ring (bicyclic) bond motifs is 1. The molecule has 0 radical (unpaired) electrons. The summed E-state index contributed by atoms with van der Waals surface area (Å²) in [5, 5.41) is 2.36. The van der Waals surface area contributed by atoms with Gasteiger partial charge in [-0.2, -0.15) is 0 Å². The van der Waals surface area contributed by atoms with E-state index in [0.717, 1.165) is 39.4 Å². The van der Waals surface area contributed by atoms with E-state index in [0.29, 0.717) is 34.6 Å². The first kappa shape index (κ1) is 26.7. The molecular formula is C31H26ClNO5S. The Bertz CT molecular complexity index is 1550. The van der Waals surface area contributed by atoms with Crippen molar-refractivity contribution in [3.63, 3.8) is 0 Å². The lowest BCUT2D eigenvalue weighted by molar-refractivity contribution is -0.123. The molecule has 0 spiro atoms. The third-order valence-electron chi connectivity index (χ3n) is 6.10. The van der Waals surface area contributed by atoms with E-state index in [-0.39, 0.29) is 24.3 Å². The molecule has 1 aliphatic heterocycles. The Balaban J connectivity index is 1.25. The van der Waals surface area contributed by atoms with Gasteiger partial charge in [0.25, 0.3) is 11.1 Å². The summed E-state index contributed by atoms with van der Waals surface area (Å²) >= 11 is 7.16. The molecule has 0 saturated carbocycles. The van der Waals surface area contributed by atoms with Crippen LogP contribution in [-0.2, 0) is 11.4 Å². The monoisotopic (exact) mass is 559 g/mol. The summed E-state index contributed by atoms with van der Waals surface area (Å²) in [6.45, 7) is 2.98. The van der Waals surface area contributed by atoms with Crippen molar-refractivity contribution >= 4 is 51.4 Å². The van der Waals surface area contributed by atoms with Crippen LogP contribution in [0.3, 0.4) is 0 Å². The first-order chi connectivity index (χ1) is 19.0. The number of hydrogen-bond donors (Lipinski definition) is 0. The number of rotatable bonds is 10. The first-order valence-electron chi connectivity index (χ1n) is 12.5. The number of imide groups is 1. The van der Waals surface area contributed by atoms with Crippen LogP contribution in [0, 0.1) is 0 Å². The van der Waals surface area contributed by atoms with Gasteiger partial charge in [0.05, 0.1) is 18.1 Å². The summed E-state index contributed by atoms with van der Waals surface area (Å²) in [5.74, 6) is 1.48. The number of ether oxygens (including phenoxy) is 3. The highest BCUT2D eigenvalue weighted by atomic mass is 35.5. The summed E-state index contributed by atoms with van der Waals surface area (Å²) in [6.07, 6.45) is 1.69. The van der Waals surface area contributed by atoms with Gasteiger partial charge in [-0.25, -0.2) is 0 Å². The number of thioether (sulfide) groups is 1. The van der Waals surface area contributed by atoms with Gasteiger partial charge < -0.3 is 14.2 Å². The molecule has 4 aromatic rings. The smallest absolute Gasteiger partial charge is 0.293 e. The van der Waals surface area contributed by atoms with Crippen molar-refractivity contribution in [2.75, 3.05) is 19.8 Å². The molecule has 6 nitrogen and oxygen atoms in total. The van der Waals surface area contributed by atoms with Crippen molar-refractivity contribution in [1.82, 2.24) is 4.90 Å². The molecule has 5 rings (SSSR count). The van der Waals surface area contributed by atoms with Gasteiger partial charge in [-0.05, 0) is 60.0 Å². The average Bonchev–Trinajstić information content (AvgIpc) is 3.21. The zero-order chi connectivity index (χ0) is 27.2. The molecule has 0 atom stereocenters. The third-order valence-corrected chi connectivity index (χ3v) is 7.38. The largest absolute Gasteiger partial charge is 0.491 e. The van der Waals surface area contributed by atoms with E-state index in [1.54, 1.807) is 18.2 Å². The maximum Gasteiger partial charge on any atom is 0.293 e. The SMILES string of the molecule is CCOc1cc(/C=C2\SC(=O)N(CCOc3cccc4ccccc34)C2=O)ccc1OCc1ccccc1Cl. The van der Waals surface area contributed by atoms with Crippen molar-refractivity contribution in [3.8, 4) is 17.2 Å². The van der Waals surface area contributed by atoms with Gasteiger partial charge in [0.1, 0.15) is 19.0 Å². The third kappa shape index (κ3) is 6.21. The van der Waals surface area contributed by atoms with E-state index < -0.39 is 0 Å². The second-order valence-corrected chi connectivity index (χ2v) is 10.1. The minimum atomic E-state index is -0.344. The standard InChI is InChI=1S/C31H26ClNO5S/c1-2-36-28-18-21(14-15-27(28)38-20-23-9-4-6-12-25(23)32)19-29-30(34)33(31(35)39-29)16-17-37-26-13-7-10-22-8-3-5-11-24(22)26/h3-15,18-19H,2,16-17,20H2,1H3/b29-19-. The van der Waals surface area contributed by atoms with E-state index in [4.69, 9.17) is 25.8 Å². The zero-order valence-corrected chi connectivity index (χ0v) is 22.8. The molecule has 0 N–H and O–H groups in total. The summed E-state index contributed by atoms with van der Waals surface area (Å²) in [4.78, 5) is 27.2. The molecule has 1 aliphatic rings. The zero-order valence-electron chi connectivity index (χ0n) is 21.3. The van der Waals surface area contributed by atoms with Crippen LogP contribution < -0.4 is 14.2 Å². The van der Waals surface area contributed by atoms with Gasteiger partial charge in [0.2, 0.25) is 0 Å². The van der Waals surface area contributed by atoms with Crippen LogP contribution in [0.15, 0.2) is 89.8 Å². The number of halogens is 1. The maximum atomic E-state index is 13.0. The lowest BCUT2D eigenvalue weighted by Gasteiger charge is -2.14. The second kappa shape index (κ2) is 12.3. The molecule has 2 amide bonds. The van der Waals surface area contributed by atoms with Crippen LogP contribution in [0.4, 0.5) is 4.79 Å². The number of carbonyl (C=O) groups is 2. The van der Waals surface area contributed by atoms with Crippen LogP contribution >= 0.6 is 23.4 Å². The Hall–Kier alpha value is -3.94. The van der Waals surface area contributed by atoms with Crippen LogP contribution in [0.25, 0.3) is 16.8 Å². The van der Waals surface area contributed by atoms with Gasteiger partial charge in [-0.3, -0.25) is 14.5 Å². The average molecular weight is 560 g/mol. The number of carbonyl (C=O) groups excluding carboxylic acids is 2. The molecule has 1 heterocycles. The molecule has 8 heteroatoms. The van der Waals surface area contributed by atoms with Crippen molar-refractivity contribution in [2.24, 2.45) is 0 Å². The Kier molecular flexibility index (Phi) is 8.39. The van der Waals surface area contributed by atoms with Crippen molar-refractivity contribution in [3.05, 3.63) is 106 Å². The molecule has 1 saturated heterocycles. The van der Waals surface area contributed by atoms with E-state index in [9.17, 15) is 9.59 Å². The Labute approximate surface area is 236 Å². The Morgan fingerprint density at radius 3 is 2.49 bits per heavy atom. The molecule has 4 aromatic carbocycles.